The second-order valence-electron chi connectivity index (χ2n) is 5.42. The molecule has 0 atom stereocenters. The molecular weight excluding hydrogens is 184 g/mol. The molecule has 0 aromatic carbocycles. The van der Waals surface area contributed by atoms with E-state index in [9.17, 15) is 0 Å². The Kier molecular flexibility index (Phi) is 4.04. The van der Waals surface area contributed by atoms with Crippen LogP contribution in [-0.4, -0.2) is 49.1 Å². The number of nitrogens with zero attached hydrogens (tertiary/aromatic N) is 2. The molecule has 0 aromatic heterocycles. The quantitative estimate of drug-likeness (QED) is 0.689. The molecule has 0 spiro atoms. The summed E-state index contributed by atoms with van der Waals surface area (Å²) in [5.41, 5.74) is 0. The smallest absolute Gasteiger partial charge is 0.0113 e. The highest BCUT2D eigenvalue weighted by Gasteiger charge is 2.26. The summed E-state index contributed by atoms with van der Waals surface area (Å²) in [5, 5.41) is 0. The third-order valence-electron chi connectivity index (χ3n) is 4.45. The van der Waals surface area contributed by atoms with Crippen LogP contribution >= 0.6 is 0 Å². The first-order valence-corrected chi connectivity index (χ1v) is 6.72. The lowest BCUT2D eigenvalue weighted by molar-refractivity contribution is 0.0808. The van der Waals surface area contributed by atoms with Gasteiger partial charge in [0.2, 0.25) is 0 Å². The Balaban J connectivity index is 1.75. The van der Waals surface area contributed by atoms with E-state index in [2.05, 4.69) is 23.8 Å². The largest absolute Gasteiger partial charge is 0.304 e. The van der Waals surface area contributed by atoms with Gasteiger partial charge < -0.3 is 4.90 Å². The normalized spacial score (nSPS) is 35.6. The summed E-state index contributed by atoms with van der Waals surface area (Å²) in [6, 6.07) is 0.918. The maximum absolute atomic E-state index is 2.74. The Morgan fingerprint density at radius 1 is 0.933 bits per heavy atom. The molecule has 1 saturated heterocycles. The van der Waals surface area contributed by atoms with Crippen molar-refractivity contribution in [2.24, 2.45) is 5.92 Å². The number of hydrogen-bond acceptors (Lipinski definition) is 2. The number of likely N-dealkylation sites (N-methyl/N-ethyl adjacent to an activating group) is 1. The Bertz CT molecular complexity index is 177. The minimum absolute atomic E-state index is 0.918. The molecule has 1 aliphatic carbocycles. The highest BCUT2D eigenvalue weighted by molar-refractivity contribution is 4.82. The van der Waals surface area contributed by atoms with Crippen LogP contribution in [0.5, 0.6) is 0 Å². The lowest BCUT2D eigenvalue weighted by Crippen LogP contribution is -2.49. The van der Waals surface area contributed by atoms with Crippen LogP contribution in [-0.2, 0) is 0 Å². The van der Waals surface area contributed by atoms with E-state index < -0.39 is 0 Å². The fraction of sp³-hybridized carbons (Fsp3) is 1.00. The summed E-state index contributed by atoms with van der Waals surface area (Å²) in [6.07, 6.45) is 7.28. The third-order valence-corrected chi connectivity index (χ3v) is 4.45. The van der Waals surface area contributed by atoms with E-state index in [1.165, 1.54) is 58.3 Å². The van der Waals surface area contributed by atoms with Gasteiger partial charge in [0.15, 0.2) is 0 Å². The summed E-state index contributed by atoms with van der Waals surface area (Å²) >= 11 is 0. The Morgan fingerprint density at radius 2 is 1.53 bits per heavy atom. The minimum Gasteiger partial charge on any atom is -0.304 e. The van der Waals surface area contributed by atoms with Crippen molar-refractivity contribution < 1.29 is 0 Å². The van der Waals surface area contributed by atoms with E-state index >= 15 is 0 Å². The van der Waals surface area contributed by atoms with Crippen LogP contribution < -0.4 is 0 Å². The molecule has 0 bridgehead atoms. The van der Waals surface area contributed by atoms with Gasteiger partial charge >= 0.3 is 0 Å². The van der Waals surface area contributed by atoms with Gasteiger partial charge in [0.05, 0.1) is 0 Å². The van der Waals surface area contributed by atoms with Crippen molar-refractivity contribution in [1.29, 1.82) is 0 Å². The summed E-state index contributed by atoms with van der Waals surface area (Å²) < 4.78 is 0. The predicted molar refractivity (Wildman–Crippen MR) is 65.1 cm³/mol. The van der Waals surface area contributed by atoms with Crippen LogP contribution in [0.1, 0.15) is 39.0 Å². The Hall–Kier alpha value is -0.0800. The van der Waals surface area contributed by atoms with Gasteiger partial charge in [-0.1, -0.05) is 13.3 Å². The molecule has 2 aliphatic rings. The van der Waals surface area contributed by atoms with Gasteiger partial charge in [-0.2, -0.15) is 0 Å². The van der Waals surface area contributed by atoms with Crippen LogP contribution in [0.15, 0.2) is 0 Å². The molecular formula is C13H26N2. The Morgan fingerprint density at radius 3 is 2.07 bits per heavy atom. The maximum Gasteiger partial charge on any atom is 0.0113 e. The predicted octanol–water partition coefficient (Wildman–Crippen LogP) is 2.20. The SMILES string of the molecule is CC[C@H]1CC[C@H](N2CCN(C)CC2)CC1. The van der Waals surface area contributed by atoms with E-state index in [1.54, 1.807) is 0 Å². The zero-order valence-electron chi connectivity index (χ0n) is 10.4. The van der Waals surface area contributed by atoms with Crippen molar-refractivity contribution in [2.45, 2.75) is 45.1 Å². The zero-order valence-corrected chi connectivity index (χ0v) is 10.4. The van der Waals surface area contributed by atoms with E-state index in [1.807, 2.05) is 0 Å². The highest BCUT2D eigenvalue weighted by Crippen LogP contribution is 2.29. The van der Waals surface area contributed by atoms with Gasteiger partial charge in [-0.05, 0) is 38.6 Å². The minimum atomic E-state index is 0.918. The van der Waals surface area contributed by atoms with Crippen molar-refractivity contribution in [3.63, 3.8) is 0 Å². The van der Waals surface area contributed by atoms with Gasteiger partial charge in [-0.25, -0.2) is 0 Å². The third kappa shape index (κ3) is 2.94. The summed E-state index contributed by atoms with van der Waals surface area (Å²) in [4.78, 5) is 5.19. The lowest BCUT2D eigenvalue weighted by atomic mass is 9.84. The first kappa shape index (κ1) is 11.4. The average molecular weight is 210 g/mol. The topological polar surface area (TPSA) is 6.48 Å². The summed E-state index contributed by atoms with van der Waals surface area (Å²) in [6.45, 7) is 7.50. The first-order chi connectivity index (χ1) is 7.29. The standard InChI is InChI=1S/C13H26N2/c1-3-12-4-6-13(7-5-12)15-10-8-14(2)9-11-15/h12-13H,3-11H2,1-2H3/t12-,13-. The second kappa shape index (κ2) is 5.31. The number of rotatable bonds is 2. The molecule has 2 nitrogen and oxygen atoms in total. The first-order valence-electron chi connectivity index (χ1n) is 6.72. The fourth-order valence-corrected chi connectivity index (χ4v) is 3.11. The van der Waals surface area contributed by atoms with Crippen LogP contribution in [0, 0.1) is 5.92 Å². The summed E-state index contributed by atoms with van der Waals surface area (Å²) in [5.74, 6) is 1.04. The molecule has 0 radical (unpaired) electrons. The van der Waals surface area contributed by atoms with E-state index in [0.717, 1.165) is 12.0 Å². The van der Waals surface area contributed by atoms with Crippen molar-refractivity contribution in [1.82, 2.24) is 9.80 Å². The average Bonchev–Trinajstić information content (AvgIpc) is 2.30. The van der Waals surface area contributed by atoms with Crippen LogP contribution in [0.3, 0.4) is 0 Å². The van der Waals surface area contributed by atoms with Gasteiger partial charge in [0.25, 0.3) is 0 Å². The number of piperazine rings is 1. The fourth-order valence-electron chi connectivity index (χ4n) is 3.11. The zero-order chi connectivity index (χ0) is 10.7. The molecule has 1 heterocycles. The maximum atomic E-state index is 2.74. The molecule has 2 fully saturated rings. The molecule has 1 aliphatic heterocycles. The van der Waals surface area contributed by atoms with Gasteiger partial charge in [0, 0.05) is 32.2 Å². The summed E-state index contributed by atoms with van der Waals surface area (Å²) in [7, 11) is 2.24. The van der Waals surface area contributed by atoms with Crippen molar-refractivity contribution in [2.75, 3.05) is 33.2 Å². The van der Waals surface area contributed by atoms with Gasteiger partial charge in [0.1, 0.15) is 0 Å². The molecule has 2 rings (SSSR count). The monoisotopic (exact) mass is 210 g/mol. The van der Waals surface area contributed by atoms with E-state index in [4.69, 9.17) is 0 Å². The lowest BCUT2D eigenvalue weighted by Gasteiger charge is -2.41. The molecule has 0 amide bonds. The van der Waals surface area contributed by atoms with Crippen molar-refractivity contribution in [3.05, 3.63) is 0 Å². The Labute approximate surface area is 94.6 Å². The molecule has 1 saturated carbocycles. The molecule has 0 N–H and O–H groups in total. The molecule has 88 valence electrons. The molecule has 2 heteroatoms. The molecule has 0 aromatic rings. The van der Waals surface area contributed by atoms with Gasteiger partial charge in [-0.15, -0.1) is 0 Å². The molecule has 15 heavy (non-hydrogen) atoms. The van der Waals surface area contributed by atoms with Crippen LogP contribution in [0.2, 0.25) is 0 Å². The van der Waals surface area contributed by atoms with Crippen molar-refractivity contribution in [3.8, 4) is 0 Å². The van der Waals surface area contributed by atoms with E-state index in [-0.39, 0.29) is 0 Å². The van der Waals surface area contributed by atoms with Crippen LogP contribution in [0.25, 0.3) is 0 Å². The number of hydrogen-bond donors (Lipinski definition) is 0. The second-order valence-corrected chi connectivity index (χ2v) is 5.42. The van der Waals surface area contributed by atoms with E-state index in [0.29, 0.717) is 0 Å². The van der Waals surface area contributed by atoms with Gasteiger partial charge in [-0.3, -0.25) is 4.90 Å². The van der Waals surface area contributed by atoms with Crippen LogP contribution in [0.4, 0.5) is 0 Å². The van der Waals surface area contributed by atoms with Crippen molar-refractivity contribution >= 4 is 0 Å². The molecule has 0 unspecified atom stereocenters. The highest BCUT2D eigenvalue weighted by atomic mass is 15.3.